The maximum Gasteiger partial charge on any atom is 0.0701 e. The Morgan fingerprint density at radius 1 is 0.289 bits per heavy atom. The van der Waals surface area contributed by atoms with E-state index >= 15 is 0 Å². The molecule has 0 aliphatic heterocycles. The van der Waals surface area contributed by atoms with Crippen LogP contribution in [-0.4, -0.2) is 223 Å². The zero-order chi connectivity index (χ0) is 34.1. The summed E-state index contributed by atoms with van der Waals surface area (Å²) in [5.41, 5.74) is 0. The van der Waals surface area contributed by atoms with Crippen LogP contribution in [0, 0.1) is 0 Å². The number of hydrogen-bond donors (Lipinski definition) is 6. The van der Waals surface area contributed by atoms with Crippen molar-refractivity contribution >= 4 is 0 Å². The normalized spacial score (nSPS) is 11.2. The van der Waals surface area contributed by atoms with Crippen LogP contribution in [0.1, 0.15) is 20.8 Å². The summed E-state index contributed by atoms with van der Waals surface area (Å²) in [4.78, 5) is 6.53. The van der Waals surface area contributed by atoms with Crippen LogP contribution < -0.4 is 0 Å². The first kappa shape index (κ1) is 48.8. The Kier molecular flexibility index (Phi) is 49.4. The Labute approximate surface area is 272 Å². The average molecular weight is 664 g/mol. The van der Waals surface area contributed by atoms with Crippen molar-refractivity contribution in [3.05, 3.63) is 0 Å². The molecule has 6 N–H and O–H groups in total. The van der Waals surface area contributed by atoms with E-state index in [4.69, 9.17) is 59.1 Å². The second-order valence-electron chi connectivity index (χ2n) is 9.32. The van der Waals surface area contributed by atoms with Crippen molar-refractivity contribution in [1.82, 2.24) is 14.7 Å². The molecule has 0 unspecified atom stereocenters. The molecule has 0 aromatic rings. The first-order valence-electron chi connectivity index (χ1n) is 16.3. The van der Waals surface area contributed by atoms with Gasteiger partial charge < -0.3 is 59.1 Å². The van der Waals surface area contributed by atoms with Crippen molar-refractivity contribution in [2.24, 2.45) is 0 Å². The molecule has 0 spiro atoms. The molecular weight excluding hydrogens is 594 g/mol. The lowest BCUT2D eigenvalue weighted by Crippen LogP contribution is -2.31. The third-order valence-electron chi connectivity index (χ3n) is 6.07. The molecule has 0 saturated carbocycles. The van der Waals surface area contributed by atoms with Crippen LogP contribution >= 0.6 is 0 Å². The number of hydrogen-bond acceptors (Lipinski definition) is 15. The molecular formula is C30H69N3O12. The molecule has 0 heterocycles. The van der Waals surface area contributed by atoms with E-state index < -0.39 is 0 Å². The minimum Gasteiger partial charge on any atom is -0.395 e. The van der Waals surface area contributed by atoms with Crippen molar-refractivity contribution in [2.45, 2.75) is 20.8 Å². The van der Waals surface area contributed by atoms with Gasteiger partial charge in [-0.05, 0) is 19.6 Å². The number of ether oxygens (including phenoxy) is 6. The lowest BCUT2D eigenvalue weighted by Gasteiger charge is -2.20. The van der Waals surface area contributed by atoms with Gasteiger partial charge in [-0.25, -0.2) is 0 Å². The van der Waals surface area contributed by atoms with Gasteiger partial charge in [0.25, 0.3) is 0 Å². The van der Waals surface area contributed by atoms with Gasteiger partial charge in [0.05, 0.1) is 119 Å². The number of aliphatic hydroxyl groups is 6. The molecule has 0 saturated heterocycles. The Hall–Kier alpha value is -0.600. The highest BCUT2D eigenvalue weighted by Gasteiger charge is 2.03. The van der Waals surface area contributed by atoms with Crippen molar-refractivity contribution in [3.8, 4) is 0 Å². The van der Waals surface area contributed by atoms with Crippen molar-refractivity contribution in [2.75, 3.05) is 178 Å². The summed E-state index contributed by atoms with van der Waals surface area (Å²) < 4.78 is 31.1. The second-order valence-corrected chi connectivity index (χ2v) is 9.32. The maximum atomic E-state index is 8.65. The van der Waals surface area contributed by atoms with E-state index in [1.54, 1.807) is 0 Å². The highest BCUT2D eigenvalue weighted by atomic mass is 16.5. The standard InChI is InChI=1S/C12H27NO5.C10H23NO4.C8H19NO3/c1-2-13(3-7-16-9-5-14)4-8-17-11-12-18-10-6-15;1-2-11(3-7-14-9-5-12)4-8-15-10-6-13;1-2-9(3-5-10)4-7-12-8-6-11/h14-15H,2-12H2,1H3;12-13H,2-10H2,1H3;10-11H,2-8H2,1H3. The maximum absolute atomic E-state index is 8.65. The van der Waals surface area contributed by atoms with E-state index in [0.717, 1.165) is 52.4 Å². The van der Waals surface area contributed by atoms with E-state index in [0.29, 0.717) is 85.8 Å². The number of aliphatic hydroxyl groups excluding tert-OH is 6. The van der Waals surface area contributed by atoms with Crippen LogP contribution in [0.3, 0.4) is 0 Å². The predicted molar refractivity (Wildman–Crippen MR) is 174 cm³/mol. The highest BCUT2D eigenvalue weighted by Crippen LogP contribution is 1.91. The Morgan fingerprint density at radius 2 is 0.511 bits per heavy atom. The fraction of sp³-hybridized carbons (Fsp3) is 1.00. The van der Waals surface area contributed by atoms with Gasteiger partial charge >= 0.3 is 0 Å². The Balaban J connectivity index is -0.000000600. The second kappa shape index (κ2) is 45.5. The summed E-state index contributed by atoms with van der Waals surface area (Å²) in [5, 5.41) is 51.1. The lowest BCUT2D eigenvalue weighted by molar-refractivity contribution is 0.0226. The van der Waals surface area contributed by atoms with Crippen molar-refractivity contribution in [1.29, 1.82) is 0 Å². The van der Waals surface area contributed by atoms with Gasteiger partial charge in [-0.15, -0.1) is 0 Å². The van der Waals surface area contributed by atoms with Crippen LogP contribution in [0.15, 0.2) is 0 Å². The molecule has 0 radical (unpaired) electrons. The average Bonchev–Trinajstić information content (AvgIpc) is 3.06. The van der Waals surface area contributed by atoms with E-state index in [-0.39, 0.29) is 39.6 Å². The lowest BCUT2D eigenvalue weighted by atomic mass is 10.5. The van der Waals surface area contributed by atoms with Crippen LogP contribution in [0.4, 0.5) is 0 Å². The molecule has 15 heteroatoms. The van der Waals surface area contributed by atoms with Crippen LogP contribution in [0.25, 0.3) is 0 Å². The molecule has 0 fully saturated rings. The monoisotopic (exact) mass is 663 g/mol. The summed E-state index contributed by atoms with van der Waals surface area (Å²) in [6.07, 6.45) is 0. The fourth-order valence-electron chi connectivity index (χ4n) is 3.45. The third-order valence-corrected chi connectivity index (χ3v) is 6.07. The quantitative estimate of drug-likeness (QED) is 0.0422. The molecule has 45 heavy (non-hydrogen) atoms. The molecule has 0 bridgehead atoms. The first-order chi connectivity index (χ1) is 22.0. The van der Waals surface area contributed by atoms with E-state index in [1.807, 2.05) is 6.92 Å². The van der Waals surface area contributed by atoms with E-state index in [2.05, 4.69) is 28.5 Å². The van der Waals surface area contributed by atoms with Gasteiger partial charge in [0, 0.05) is 39.3 Å². The molecule has 0 aliphatic carbocycles. The Morgan fingerprint density at radius 3 is 0.733 bits per heavy atom. The molecule has 15 nitrogen and oxygen atoms in total. The highest BCUT2D eigenvalue weighted by molar-refractivity contribution is 4.55. The number of nitrogens with zero attached hydrogens (tertiary/aromatic N) is 3. The molecule has 0 atom stereocenters. The van der Waals surface area contributed by atoms with Gasteiger partial charge in [-0.2, -0.15) is 0 Å². The Bertz CT molecular complexity index is 493. The SMILES string of the molecule is CCN(CCO)CCOCCO.CCN(CCOCCO)CCOCCO.CCN(CCOCCO)CCOCCOCCO. The van der Waals surface area contributed by atoms with Gasteiger partial charge in [-0.3, -0.25) is 14.7 Å². The zero-order valence-electron chi connectivity index (χ0n) is 28.6. The number of likely N-dealkylation sites (N-methyl/N-ethyl adjacent to an activating group) is 3. The van der Waals surface area contributed by atoms with Gasteiger partial charge in [-0.1, -0.05) is 20.8 Å². The third kappa shape index (κ3) is 43.4. The summed E-state index contributed by atoms with van der Waals surface area (Å²) in [7, 11) is 0. The van der Waals surface area contributed by atoms with Crippen molar-refractivity contribution in [3.63, 3.8) is 0 Å². The van der Waals surface area contributed by atoms with Crippen molar-refractivity contribution < 1.29 is 59.1 Å². The molecule has 0 aliphatic rings. The fourth-order valence-corrected chi connectivity index (χ4v) is 3.45. The van der Waals surface area contributed by atoms with Gasteiger partial charge in [0.15, 0.2) is 0 Å². The smallest absolute Gasteiger partial charge is 0.0701 e. The minimum atomic E-state index is 0.0530. The van der Waals surface area contributed by atoms with E-state index in [9.17, 15) is 0 Å². The topological polar surface area (TPSA) is 186 Å². The molecule has 0 aromatic carbocycles. The first-order valence-corrected chi connectivity index (χ1v) is 16.3. The van der Waals surface area contributed by atoms with Crippen LogP contribution in [0.5, 0.6) is 0 Å². The van der Waals surface area contributed by atoms with Crippen LogP contribution in [0.2, 0.25) is 0 Å². The zero-order valence-corrected chi connectivity index (χ0v) is 28.6. The minimum absolute atomic E-state index is 0.0530. The summed E-state index contributed by atoms with van der Waals surface area (Å²) in [6.45, 7) is 20.7. The molecule has 0 aromatic heterocycles. The summed E-state index contributed by atoms with van der Waals surface area (Å²) in [5.74, 6) is 0. The largest absolute Gasteiger partial charge is 0.395 e. The number of rotatable bonds is 33. The summed E-state index contributed by atoms with van der Waals surface area (Å²) in [6, 6.07) is 0. The van der Waals surface area contributed by atoms with E-state index in [1.165, 1.54) is 0 Å². The molecule has 0 amide bonds. The predicted octanol–water partition coefficient (Wildman–Crippen LogP) is -2.02. The van der Waals surface area contributed by atoms with Gasteiger partial charge in [0.1, 0.15) is 0 Å². The van der Waals surface area contributed by atoms with Gasteiger partial charge in [0.2, 0.25) is 0 Å². The van der Waals surface area contributed by atoms with Crippen LogP contribution in [-0.2, 0) is 28.4 Å². The summed E-state index contributed by atoms with van der Waals surface area (Å²) >= 11 is 0. The molecule has 276 valence electrons. The molecule has 0 rings (SSSR count).